The standard InChI is InChI=1S/C42H26N4/c43-26-28-21-23-30(45-39-17-7-2-12-32(39)33-13-3-8-18-40(33)45)25-36(28)37-24-22-29(27-44-37)31-11-1-6-16-38(31)46-41-19-9-4-14-34(41)35-15-5-10-20-42(35)46/h1-25,27H. The predicted octanol–water partition coefficient (Wildman–Crippen LogP) is 10.5. The molecule has 0 fully saturated rings. The minimum atomic E-state index is 0.593. The molecule has 9 rings (SSSR count). The summed E-state index contributed by atoms with van der Waals surface area (Å²) in [4.78, 5) is 4.96. The molecule has 0 amide bonds. The Morgan fingerprint density at radius 1 is 0.478 bits per heavy atom. The van der Waals surface area contributed by atoms with Gasteiger partial charge in [-0.15, -0.1) is 0 Å². The van der Waals surface area contributed by atoms with Gasteiger partial charge in [0.2, 0.25) is 0 Å². The minimum absolute atomic E-state index is 0.593. The Bertz CT molecular complexity index is 2540. The second kappa shape index (κ2) is 10.3. The van der Waals surface area contributed by atoms with Crippen molar-refractivity contribution in [1.82, 2.24) is 14.1 Å². The van der Waals surface area contributed by atoms with Crippen molar-refractivity contribution in [3.8, 4) is 39.8 Å². The third-order valence-electron chi connectivity index (χ3n) is 9.04. The normalized spacial score (nSPS) is 11.5. The Morgan fingerprint density at radius 2 is 1.00 bits per heavy atom. The SMILES string of the molecule is N#Cc1ccc(-n2c3ccccc3c3ccccc32)cc1-c1ccc(-c2ccccc2-n2c3ccccc3c3ccccc32)cn1. The van der Waals surface area contributed by atoms with E-state index in [-0.39, 0.29) is 0 Å². The highest BCUT2D eigenvalue weighted by Crippen LogP contribution is 2.37. The summed E-state index contributed by atoms with van der Waals surface area (Å²) in [5.41, 5.74) is 11.0. The molecule has 9 aromatic rings. The number of nitrogens with zero attached hydrogens (tertiary/aromatic N) is 4. The van der Waals surface area contributed by atoms with E-state index in [4.69, 9.17) is 4.98 Å². The molecular formula is C42H26N4. The van der Waals surface area contributed by atoms with Gasteiger partial charge in [0, 0.05) is 50.1 Å². The number of fused-ring (bicyclic) bond motifs is 6. The highest BCUT2D eigenvalue weighted by Gasteiger charge is 2.17. The maximum Gasteiger partial charge on any atom is 0.0998 e. The van der Waals surface area contributed by atoms with Crippen LogP contribution in [0.25, 0.3) is 77.4 Å². The summed E-state index contributed by atoms with van der Waals surface area (Å²) in [5.74, 6) is 0. The molecule has 0 N–H and O–H groups in total. The maximum absolute atomic E-state index is 10.1. The Morgan fingerprint density at radius 3 is 1.54 bits per heavy atom. The molecule has 0 bridgehead atoms. The van der Waals surface area contributed by atoms with Gasteiger partial charge in [-0.25, -0.2) is 0 Å². The fourth-order valence-corrected chi connectivity index (χ4v) is 6.99. The van der Waals surface area contributed by atoms with Crippen LogP contribution in [0.4, 0.5) is 0 Å². The lowest BCUT2D eigenvalue weighted by Crippen LogP contribution is -1.98. The lowest BCUT2D eigenvalue weighted by Gasteiger charge is -2.14. The highest BCUT2D eigenvalue weighted by molar-refractivity contribution is 6.10. The molecule has 0 saturated heterocycles. The van der Waals surface area contributed by atoms with Gasteiger partial charge in [0.1, 0.15) is 0 Å². The number of rotatable bonds is 4. The molecule has 0 radical (unpaired) electrons. The van der Waals surface area contributed by atoms with Crippen molar-refractivity contribution in [3.63, 3.8) is 0 Å². The van der Waals surface area contributed by atoms with Gasteiger partial charge in [-0.3, -0.25) is 4.98 Å². The van der Waals surface area contributed by atoms with E-state index >= 15 is 0 Å². The van der Waals surface area contributed by atoms with Crippen LogP contribution in [0.15, 0.2) is 158 Å². The van der Waals surface area contributed by atoms with Gasteiger partial charge in [0.15, 0.2) is 0 Å². The van der Waals surface area contributed by atoms with Crippen LogP contribution in [0, 0.1) is 11.3 Å². The van der Waals surface area contributed by atoms with Gasteiger partial charge in [-0.2, -0.15) is 5.26 Å². The number of para-hydroxylation sites is 5. The van der Waals surface area contributed by atoms with E-state index < -0.39 is 0 Å². The van der Waals surface area contributed by atoms with Gasteiger partial charge in [-0.05, 0) is 54.6 Å². The molecule has 0 aliphatic carbocycles. The van der Waals surface area contributed by atoms with E-state index in [0.717, 1.165) is 44.8 Å². The van der Waals surface area contributed by atoms with Crippen LogP contribution in [-0.2, 0) is 0 Å². The number of nitriles is 1. The van der Waals surface area contributed by atoms with Crippen LogP contribution in [-0.4, -0.2) is 14.1 Å². The highest BCUT2D eigenvalue weighted by atomic mass is 15.0. The monoisotopic (exact) mass is 586 g/mol. The summed E-state index contributed by atoms with van der Waals surface area (Å²) in [5, 5.41) is 15.0. The molecule has 46 heavy (non-hydrogen) atoms. The fraction of sp³-hybridized carbons (Fsp3) is 0. The van der Waals surface area contributed by atoms with Crippen molar-refractivity contribution < 1.29 is 0 Å². The number of pyridine rings is 1. The predicted molar refractivity (Wildman–Crippen MR) is 189 cm³/mol. The molecular weight excluding hydrogens is 560 g/mol. The largest absolute Gasteiger partial charge is 0.309 e. The first-order chi connectivity index (χ1) is 22.8. The summed E-state index contributed by atoms with van der Waals surface area (Å²) in [7, 11) is 0. The van der Waals surface area contributed by atoms with E-state index in [1.165, 1.54) is 32.6 Å². The minimum Gasteiger partial charge on any atom is -0.309 e. The average Bonchev–Trinajstić information content (AvgIpc) is 3.65. The fourth-order valence-electron chi connectivity index (χ4n) is 6.99. The summed E-state index contributed by atoms with van der Waals surface area (Å²) < 4.78 is 4.61. The Labute approximate surface area is 265 Å². The first-order valence-electron chi connectivity index (χ1n) is 15.4. The van der Waals surface area contributed by atoms with Crippen LogP contribution in [0.5, 0.6) is 0 Å². The molecule has 3 heterocycles. The second-order valence-electron chi connectivity index (χ2n) is 11.5. The molecule has 0 aliphatic rings. The van der Waals surface area contributed by atoms with Crippen LogP contribution in [0.3, 0.4) is 0 Å². The summed E-state index contributed by atoms with van der Waals surface area (Å²) >= 11 is 0. The van der Waals surface area contributed by atoms with Crippen LogP contribution in [0.2, 0.25) is 0 Å². The van der Waals surface area contributed by atoms with E-state index in [1.807, 2.05) is 24.4 Å². The zero-order valence-corrected chi connectivity index (χ0v) is 24.8. The Hall–Kier alpha value is -6.44. The van der Waals surface area contributed by atoms with Crippen LogP contribution < -0.4 is 0 Å². The number of hydrogen-bond donors (Lipinski definition) is 0. The lowest BCUT2D eigenvalue weighted by molar-refractivity contribution is 1.17. The van der Waals surface area contributed by atoms with Crippen LogP contribution >= 0.6 is 0 Å². The smallest absolute Gasteiger partial charge is 0.0998 e. The van der Waals surface area contributed by atoms with Gasteiger partial charge in [0.05, 0.1) is 45.1 Å². The van der Waals surface area contributed by atoms with E-state index in [1.54, 1.807) is 0 Å². The Kier molecular flexibility index (Phi) is 5.84. The quantitative estimate of drug-likeness (QED) is 0.206. The van der Waals surface area contributed by atoms with Gasteiger partial charge < -0.3 is 9.13 Å². The average molecular weight is 587 g/mol. The van der Waals surface area contributed by atoms with E-state index in [2.05, 4.69) is 149 Å². The number of hydrogen-bond acceptors (Lipinski definition) is 2. The van der Waals surface area contributed by atoms with Gasteiger partial charge >= 0.3 is 0 Å². The van der Waals surface area contributed by atoms with Crippen LogP contribution in [0.1, 0.15) is 5.56 Å². The summed E-state index contributed by atoms with van der Waals surface area (Å²) in [6.07, 6.45) is 1.93. The number of benzene rings is 6. The van der Waals surface area contributed by atoms with Crippen molar-refractivity contribution >= 4 is 43.6 Å². The zero-order chi connectivity index (χ0) is 30.6. The Balaban J connectivity index is 1.18. The summed E-state index contributed by atoms with van der Waals surface area (Å²) in [6, 6.07) is 55.1. The van der Waals surface area contributed by atoms with Crippen molar-refractivity contribution in [2.24, 2.45) is 0 Å². The van der Waals surface area contributed by atoms with Gasteiger partial charge in [0.25, 0.3) is 0 Å². The summed E-state index contributed by atoms with van der Waals surface area (Å²) in [6.45, 7) is 0. The number of aromatic nitrogens is 3. The zero-order valence-electron chi connectivity index (χ0n) is 24.8. The molecule has 6 aromatic carbocycles. The van der Waals surface area contributed by atoms with Gasteiger partial charge in [-0.1, -0.05) is 97.1 Å². The molecule has 3 aromatic heterocycles. The molecule has 0 unspecified atom stereocenters. The third-order valence-corrected chi connectivity index (χ3v) is 9.04. The maximum atomic E-state index is 10.1. The van der Waals surface area contributed by atoms with Crippen molar-refractivity contribution in [2.75, 3.05) is 0 Å². The van der Waals surface area contributed by atoms with E-state index in [9.17, 15) is 5.26 Å². The lowest BCUT2D eigenvalue weighted by atomic mass is 10.0. The van der Waals surface area contributed by atoms with Crippen molar-refractivity contribution in [3.05, 3.63) is 163 Å². The molecule has 0 spiro atoms. The molecule has 4 heteroatoms. The van der Waals surface area contributed by atoms with Crippen molar-refractivity contribution in [2.45, 2.75) is 0 Å². The molecule has 0 aliphatic heterocycles. The first-order valence-corrected chi connectivity index (χ1v) is 15.4. The molecule has 214 valence electrons. The topological polar surface area (TPSA) is 46.5 Å². The molecule has 0 atom stereocenters. The molecule has 0 saturated carbocycles. The first kappa shape index (κ1) is 26.0. The van der Waals surface area contributed by atoms with E-state index in [0.29, 0.717) is 5.56 Å². The third kappa shape index (κ3) is 3.89. The van der Waals surface area contributed by atoms with Crippen molar-refractivity contribution in [1.29, 1.82) is 5.26 Å². The molecule has 4 nitrogen and oxygen atoms in total. The second-order valence-corrected chi connectivity index (χ2v) is 11.5.